The summed E-state index contributed by atoms with van der Waals surface area (Å²) in [5, 5.41) is 6.53. The Labute approximate surface area is 168 Å². The van der Waals surface area contributed by atoms with E-state index in [-0.39, 0.29) is 17.2 Å². The van der Waals surface area contributed by atoms with Crippen molar-refractivity contribution in [3.05, 3.63) is 76.0 Å². The number of amides is 1. The van der Waals surface area contributed by atoms with Crippen molar-refractivity contribution in [3.8, 4) is 11.4 Å². The molecule has 2 N–H and O–H groups in total. The Morgan fingerprint density at radius 3 is 2.61 bits per heavy atom. The summed E-state index contributed by atoms with van der Waals surface area (Å²) in [6.07, 6.45) is 0. The van der Waals surface area contributed by atoms with Gasteiger partial charge >= 0.3 is 0 Å². The van der Waals surface area contributed by atoms with Gasteiger partial charge in [-0.1, -0.05) is 41.6 Å². The van der Waals surface area contributed by atoms with Crippen molar-refractivity contribution < 1.29 is 4.79 Å². The highest BCUT2D eigenvalue weighted by molar-refractivity contribution is 7.99. The summed E-state index contributed by atoms with van der Waals surface area (Å²) in [5.74, 6) is 0.397. The average Bonchev–Trinajstić information content (AvgIpc) is 3.07. The molecule has 1 amide bonds. The first-order valence-electron chi connectivity index (χ1n) is 8.32. The fraction of sp³-hybridized carbons (Fsp3) is 0.0526. The molecular weight excluding hydrogens is 398 g/mol. The molecule has 0 saturated heterocycles. The van der Waals surface area contributed by atoms with Crippen LogP contribution in [-0.4, -0.2) is 31.2 Å². The predicted octanol–water partition coefficient (Wildman–Crippen LogP) is 3.47. The zero-order chi connectivity index (χ0) is 19.5. The first-order chi connectivity index (χ1) is 13.6. The zero-order valence-corrected chi connectivity index (χ0v) is 16.0. The fourth-order valence-electron chi connectivity index (χ4n) is 2.56. The number of fused-ring (bicyclic) bond motifs is 1. The van der Waals surface area contributed by atoms with Crippen LogP contribution in [-0.2, 0) is 4.79 Å². The molecule has 0 atom stereocenters. The van der Waals surface area contributed by atoms with Gasteiger partial charge in [0.2, 0.25) is 5.91 Å². The Balaban J connectivity index is 1.61. The number of hydrogen-bond acceptors (Lipinski definition) is 5. The molecule has 9 heteroatoms. The van der Waals surface area contributed by atoms with Crippen LogP contribution in [0, 0.1) is 0 Å². The van der Waals surface area contributed by atoms with Crippen molar-refractivity contribution in [1.82, 2.24) is 19.6 Å². The molecule has 7 nitrogen and oxygen atoms in total. The third-order valence-electron chi connectivity index (χ3n) is 3.82. The molecule has 0 aliphatic heterocycles. The molecule has 0 bridgehead atoms. The smallest absolute Gasteiger partial charge is 0.266 e. The Morgan fingerprint density at radius 2 is 1.86 bits per heavy atom. The summed E-state index contributed by atoms with van der Waals surface area (Å²) in [5.41, 5.74) is 1.61. The fourth-order valence-corrected chi connectivity index (χ4v) is 3.43. The number of thioether (sulfide) groups is 1. The molecule has 0 fully saturated rings. The lowest BCUT2D eigenvalue weighted by Gasteiger charge is -2.08. The molecule has 0 aliphatic carbocycles. The lowest BCUT2D eigenvalue weighted by Crippen LogP contribution is -2.15. The maximum Gasteiger partial charge on any atom is 0.266 e. The van der Waals surface area contributed by atoms with Crippen LogP contribution in [0.1, 0.15) is 0 Å². The molecule has 0 aliphatic rings. The number of aromatic nitrogens is 4. The predicted molar refractivity (Wildman–Crippen MR) is 110 cm³/mol. The van der Waals surface area contributed by atoms with Crippen LogP contribution in [0.4, 0.5) is 5.69 Å². The van der Waals surface area contributed by atoms with Gasteiger partial charge in [0.1, 0.15) is 0 Å². The second-order valence-corrected chi connectivity index (χ2v) is 7.23. The van der Waals surface area contributed by atoms with E-state index < -0.39 is 0 Å². The second kappa shape index (κ2) is 7.87. The van der Waals surface area contributed by atoms with Gasteiger partial charge in [0.25, 0.3) is 5.56 Å². The number of nitrogens with zero attached hydrogens (tertiary/aromatic N) is 3. The SMILES string of the molecule is O=C(CSc1nc(-c2ccc(Cl)cc2)nc2cc(=O)[nH]n12)Nc1ccccc1. The van der Waals surface area contributed by atoms with E-state index in [4.69, 9.17) is 11.6 Å². The van der Waals surface area contributed by atoms with Gasteiger partial charge in [-0.25, -0.2) is 14.5 Å². The van der Waals surface area contributed by atoms with Crippen LogP contribution >= 0.6 is 23.4 Å². The number of halogens is 1. The lowest BCUT2D eigenvalue weighted by atomic mass is 10.2. The van der Waals surface area contributed by atoms with Gasteiger partial charge in [-0.3, -0.25) is 14.7 Å². The zero-order valence-electron chi connectivity index (χ0n) is 14.4. The molecule has 4 aromatic rings. The van der Waals surface area contributed by atoms with E-state index in [1.165, 1.54) is 22.3 Å². The van der Waals surface area contributed by atoms with Crippen LogP contribution < -0.4 is 10.9 Å². The van der Waals surface area contributed by atoms with Crippen molar-refractivity contribution in [2.75, 3.05) is 11.1 Å². The highest BCUT2D eigenvalue weighted by atomic mass is 35.5. The molecule has 4 rings (SSSR count). The molecule has 0 spiro atoms. The van der Waals surface area contributed by atoms with Gasteiger partial charge in [0, 0.05) is 22.3 Å². The van der Waals surface area contributed by atoms with Crippen molar-refractivity contribution in [1.29, 1.82) is 0 Å². The number of nitrogens with one attached hydrogen (secondary N) is 2. The second-order valence-electron chi connectivity index (χ2n) is 5.85. The minimum absolute atomic E-state index is 0.126. The van der Waals surface area contributed by atoms with E-state index in [1.807, 2.05) is 30.3 Å². The Morgan fingerprint density at radius 1 is 1.11 bits per heavy atom. The van der Waals surface area contributed by atoms with Crippen LogP contribution in [0.5, 0.6) is 0 Å². The molecular formula is C19H14ClN5O2S. The van der Waals surface area contributed by atoms with Gasteiger partial charge < -0.3 is 5.32 Å². The van der Waals surface area contributed by atoms with Crippen molar-refractivity contribution in [2.45, 2.75) is 5.16 Å². The van der Waals surface area contributed by atoms with E-state index in [9.17, 15) is 9.59 Å². The van der Waals surface area contributed by atoms with Crippen LogP contribution in [0.15, 0.2) is 70.6 Å². The average molecular weight is 412 g/mol. The lowest BCUT2D eigenvalue weighted by molar-refractivity contribution is -0.113. The third kappa shape index (κ3) is 4.08. The maximum atomic E-state index is 12.2. The van der Waals surface area contributed by atoms with Gasteiger partial charge in [-0.2, -0.15) is 0 Å². The van der Waals surface area contributed by atoms with Crippen LogP contribution in [0.25, 0.3) is 17.0 Å². The molecule has 0 unspecified atom stereocenters. The Hall–Kier alpha value is -3.10. The normalized spacial score (nSPS) is 10.9. The van der Waals surface area contributed by atoms with Crippen LogP contribution in [0.2, 0.25) is 5.02 Å². The first kappa shape index (κ1) is 18.3. The third-order valence-corrected chi connectivity index (χ3v) is 5.01. The van der Waals surface area contributed by atoms with Crippen molar-refractivity contribution >= 4 is 40.6 Å². The summed E-state index contributed by atoms with van der Waals surface area (Å²) >= 11 is 7.15. The molecule has 2 aromatic heterocycles. The van der Waals surface area contributed by atoms with E-state index in [2.05, 4.69) is 20.4 Å². The van der Waals surface area contributed by atoms with Crippen molar-refractivity contribution in [3.63, 3.8) is 0 Å². The van der Waals surface area contributed by atoms with Crippen LogP contribution in [0.3, 0.4) is 0 Å². The minimum atomic E-state index is -0.293. The molecule has 0 radical (unpaired) electrons. The van der Waals surface area contributed by atoms with E-state index >= 15 is 0 Å². The maximum absolute atomic E-state index is 12.2. The highest BCUT2D eigenvalue weighted by Gasteiger charge is 2.13. The number of carbonyl (C=O) groups excluding carboxylic acids is 1. The molecule has 0 saturated carbocycles. The summed E-state index contributed by atoms with van der Waals surface area (Å²) in [4.78, 5) is 32.9. The van der Waals surface area contributed by atoms with E-state index in [0.717, 1.165) is 11.3 Å². The number of benzene rings is 2. The molecule has 140 valence electrons. The molecule has 2 heterocycles. The largest absolute Gasteiger partial charge is 0.325 e. The van der Waals surface area contributed by atoms with Gasteiger partial charge in [0.05, 0.1) is 5.75 Å². The number of anilines is 1. The number of H-pyrrole nitrogens is 1. The Kier molecular flexibility index (Phi) is 5.14. The molecule has 2 aromatic carbocycles. The number of para-hydroxylation sites is 1. The van der Waals surface area contributed by atoms with E-state index in [1.54, 1.807) is 24.3 Å². The minimum Gasteiger partial charge on any atom is -0.325 e. The monoisotopic (exact) mass is 411 g/mol. The van der Waals surface area contributed by atoms with E-state index in [0.29, 0.717) is 21.7 Å². The number of aromatic amines is 1. The summed E-state index contributed by atoms with van der Waals surface area (Å²) < 4.78 is 1.47. The summed E-state index contributed by atoms with van der Waals surface area (Å²) in [7, 11) is 0. The van der Waals surface area contributed by atoms with Gasteiger partial charge in [0.15, 0.2) is 16.6 Å². The quantitative estimate of drug-likeness (QED) is 0.490. The number of hydrogen-bond donors (Lipinski definition) is 2. The Bertz CT molecular complexity index is 1190. The molecule has 28 heavy (non-hydrogen) atoms. The summed E-state index contributed by atoms with van der Waals surface area (Å²) in [6, 6.07) is 17.7. The number of carbonyl (C=O) groups is 1. The van der Waals surface area contributed by atoms with Gasteiger partial charge in [-0.05, 0) is 36.4 Å². The first-order valence-corrected chi connectivity index (χ1v) is 9.68. The standard InChI is InChI=1S/C19H14ClN5O2S/c20-13-8-6-12(7-9-13)18-22-15-10-16(26)24-25(15)19(23-18)28-11-17(27)21-14-4-2-1-3-5-14/h1-10H,11H2,(H,21,27)(H,24,26). The summed E-state index contributed by atoms with van der Waals surface area (Å²) in [6.45, 7) is 0. The van der Waals surface area contributed by atoms with Gasteiger partial charge in [-0.15, -0.1) is 0 Å². The number of rotatable bonds is 5. The topological polar surface area (TPSA) is 92.2 Å². The van der Waals surface area contributed by atoms with Crippen molar-refractivity contribution in [2.24, 2.45) is 0 Å². The highest BCUT2D eigenvalue weighted by Crippen LogP contribution is 2.23.